The van der Waals surface area contributed by atoms with Crippen molar-refractivity contribution in [3.05, 3.63) is 95.3 Å². The van der Waals surface area contributed by atoms with Crippen molar-refractivity contribution in [2.24, 2.45) is 0 Å². The number of hydroxylamine groups is 2. The Morgan fingerprint density at radius 3 is 2.41 bits per heavy atom. The van der Waals surface area contributed by atoms with Crippen molar-refractivity contribution in [1.29, 1.82) is 0 Å². The molecule has 0 N–H and O–H groups in total. The van der Waals surface area contributed by atoms with Crippen molar-refractivity contribution in [1.82, 2.24) is 5.06 Å². The van der Waals surface area contributed by atoms with Gasteiger partial charge in [-0.3, -0.25) is 4.84 Å². The molecule has 3 nitrogen and oxygen atoms in total. The van der Waals surface area contributed by atoms with Gasteiger partial charge in [-0.2, -0.15) is 5.06 Å². The molecule has 1 aliphatic heterocycles. The van der Waals surface area contributed by atoms with Crippen LogP contribution in [0.4, 0.5) is 24.5 Å². The molecule has 0 aromatic heterocycles. The monoisotopic (exact) mass is 370 g/mol. The van der Waals surface area contributed by atoms with E-state index in [0.29, 0.717) is 30.1 Å². The summed E-state index contributed by atoms with van der Waals surface area (Å²) in [6.45, 7) is 0.899. The average molecular weight is 370 g/mol. The lowest BCUT2D eigenvalue weighted by molar-refractivity contribution is -0.178. The van der Waals surface area contributed by atoms with Gasteiger partial charge in [0.15, 0.2) is 11.6 Å². The van der Waals surface area contributed by atoms with Gasteiger partial charge in [-0.1, -0.05) is 36.4 Å². The van der Waals surface area contributed by atoms with Gasteiger partial charge in [0.2, 0.25) is 0 Å². The number of benzene rings is 3. The summed E-state index contributed by atoms with van der Waals surface area (Å²) in [7, 11) is 0. The van der Waals surface area contributed by atoms with Gasteiger partial charge in [-0.15, -0.1) is 0 Å². The number of hydrogen-bond acceptors (Lipinski definition) is 3. The van der Waals surface area contributed by atoms with Crippen molar-refractivity contribution in [2.45, 2.75) is 13.2 Å². The van der Waals surface area contributed by atoms with Gasteiger partial charge in [-0.05, 0) is 35.4 Å². The maximum Gasteiger partial charge on any atom is 0.160 e. The first kappa shape index (κ1) is 17.6. The summed E-state index contributed by atoms with van der Waals surface area (Å²) in [5, 5.41) is 1.65. The second-order valence-corrected chi connectivity index (χ2v) is 6.34. The molecule has 0 fully saturated rings. The molecule has 0 bridgehead atoms. The van der Waals surface area contributed by atoms with Crippen LogP contribution in [-0.2, 0) is 18.0 Å². The summed E-state index contributed by atoms with van der Waals surface area (Å²) in [5.74, 6) is -2.26. The van der Waals surface area contributed by atoms with Crippen LogP contribution < -0.4 is 4.90 Å². The number of hydrogen-bond donors (Lipinski definition) is 0. The molecule has 0 atom stereocenters. The molecule has 1 heterocycles. The van der Waals surface area contributed by atoms with Crippen LogP contribution in [0.3, 0.4) is 0 Å². The quantitative estimate of drug-likeness (QED) is 0.632. The van der Waals surface area contributed by atoms with Gasteiger partial charge in [0.05, 0.1) is 25.5 Å². The second-order valence-electron chi connectivity index (χ2n) is 6.34. The summed E-state index contributed by atoms with van der Waals surface area (Å²) >= 11 is 0. The maximum absolute atomic E-state index is 13.8. The number of fused-ring (bicyclic) bond motifs is 1. The van der Waals surface area contributed by atoms with Crippen LogP contribution in [0.2, 0.25) is 0 Å². The Balaban J connectivity index is 1.64. The Bertz CT molecular complexity index is 949. The first-order valence-electron chi connectivity index (χ1n) is 8.53. The molecular formula is C21H17F3N2O. The van der Waals surface area contributed by atoms with Crippen molar-refractivity contribution >= 4 is 11.4 Å². The van der Waals surface area contributed by atoms with Gasteiger partial charge in [0.25, 0.3) is 0 Å². The molecule has 138 valence electrons. The summed E-state index contributed by atoms with van der Waals surface area (Å²) in [6.07, 6.45) is 0. The van der Waals surface area contributed by atoms with Gasteiger partial charge in [0.1, 0.15) is 5.82 Å². The predicted molar refractivity (Wildman–Crippen MR) is 96.5 cm³/mol. The van der Waals surface area contributed by atoms with Crippen molar-refractivity contribution < 1.29 is 18.0 Å². The molecule has 0 spiro atoms. The van der Waals surface area contributed by atoms with E-state index in [4.69, 9.17) is 4.84 Å². The average Bonchev–Trinajstić information content (AvgIpc) is 2.68. The molecule has 6 heteroatoms. The van der Waals surface area contributed by atoms with Crippen molar-refractivity contribution in [3.8, 4) is 0 Å². The number of nitrogens with zero attached hydrogens (tertiary/aromatic N) is 2. The topological polar surface area (TPSA) is 15.7 Å². The highest BCUT2D eigenvalue weighted by Crippen LogP contribution is 2.35. The molecule has 27 heavy (non-hydrogen) atoms. The first-order chi connectivity index (χ1) is 13.1. The van der Waals surface area contributed by atoms with Gasteiger partial charge in [-0.25, -0.2) is 13.2 Å². The van der Waals surface area contributed by atoms with E-state index in [9.17, 15) is 13.2 Å². The third-order valence-corrected chi connectivity index (χ3v) is 4.43. The Morgan fingerprint density at radius 2 is 1.63 bits per heavy atom. The van der Waals surface area contributed by atoms with E-state index in [1.807, 2.05) is 30.3 Å². The van der Waals surface area contributed by atoms with Crippen LogP contribution in [0.5, 0.6) is 0 Å². The number of anilines is 2. The van der Waals surface area contributed by atoms with Gasteiger partial charge in [0, 0.05) is 11.8 Å². The van der Waals surface area contributed by atoms with E-state index in [-0.39, 0.29) is 6.67 Å². The zero-order chi connectivity index (χ0) is 18.8. The highest BCUT2D eigenvalue weighted by Gasteiger charge is 2.26. The summed E-state index contributed by atoms with van der Waals surface area (Å²) < 4.78 is 41.3. The molecule has 3 aromatic carbocycles. The van der Waals surface area contributed by atoms with Crippen LogP contribution >= 0.6 is 0 Å². The minimum Gasteiger partial charge on any atom is -0.325 e. The van der Waals surface area contributed by atoms with Crippen LogP contribution in [0.15, 0.2) is 66.7 Å². The number of halogens is 3. The van der Waals surface area contributed by atoms with Crippen molar-refractivity contribution in [2.75, 3.05) is 11.6 Å². The lowest BCUT2D eigenvalue weighted by Gasteiger charge is -2.37. The van der Waals surface area contributed by atoms with E-state index >= 15 is 0 Å². The molecule has 1 aliphatic rings. The molecule has 0 radical (unpaired) electrons. The lowest BCUT2D eigenvalue weighted by Crippen LogP contribution is -2.39. The lowest BCUT2D eigenvalue weighted by atomic mass is 10.1. The Kier molecular flexibility index (Phi) is 4.83. The normalized spacial score (nSPS) is 14.3. The smallest absolute Gasteiger partial charge is 0.160 e. The number of rotatable bonds is 4. The highest BCUT2D eigenvalue weighted by atomic mass is 19.2. The SMILES string of the molecule is Fc1cccc(N2CN(OCc3ccccc3)Cc3cc(F)c(F)cc32)c1. The van der Waals surface area contributed by atoms with Crippen molar-refractivity contribution in [3.63, 3.8) is 0 Å². The maximum atomic E-state index is 13.8. The minimum absolute atomic E-state index is 0.258. The Hall–Kier alpha value is -2.83. The molecule has 0 amide bonds. The van der Waals surface area contributed by atoms with Crippen LogP contribution in [-0.4, -0.2) is 11.7 Å². The summed E-state index contributed by atoms with van der Waals surface area (Å²) in [4.78, 5) is 7.56. The first-order valence-corrected chi connectivity index (χ1v) is 8.53. The predicted octanol–water partition coefficient (Wildman–Crippen LogP) is 5.15. The summed E-state index contributed by atoms with van der Waals surface area (Å²) in [6, 6.07) is 17.9. The molecule has 0 unspecified atom stereocenters. The third kappa shape index (κ3) is 3.82. The van der Waals surface area contributed by atoms with Crippen LogP contribution in [0, 0.1) is 17.5 Å². The van der Waals surface area contributed by atoms with Crippen LogP contribution in [0.1, 0.15) is 11.1 Å². The third-order valence-electron chi connectivity index (χ3n) is 4.43. The van der Waals surface area contributed by atoms with E-state index in [1.165, 1.54) is 12.1 Å². The van der Waals surface area contributed by atoms with Gasteiger partial charge >= 0.3 is 0 Å². The molecule has 0 saturated heterocycles. The summed E-state index contributed by atoms with van der Waals surface area (Å²) in [5.41, 5.74) is 2.60. The Morgan fingerprint density at radius 1 is 0.852 bits per heavy atom. The van der Waals surface area contributed by atoms with E-state index < -0.39 is 17.5 Å². The highest BCUT2D eigenvalue weighted by molar-refractivity contribution is 5.67. The zero-order valence-electron chi connectivity index (χ0n) is 14.4. The van der Waals surface area contributed by atoms with E-state index in [0.717, 1.165) is 17.7 Å². The zero-order valence-corrected chi connectivity index (χ0v) is 14.4. The second kappa shape index (κ2) is 7.42. The standard InChI is InChI=1S/C21H17F3N2O/c22-17-7-4-8-18(10-17)26-14-25(27-13-15-5-2-1-3-6-15)12-16-9-19(23)20(24)11-21(16)26/h1-11H,12-14H2. The Labute approximate surface area is 155 Å². The molecule has 3 aromatic rings. The molecule has 0 aliphatic carbocycles. The van der Waals surface area contributed by atoms with Gasteiger partial charge < -0.3 is 4.90 Å². The molecular weight excluding hydrogens is 353 g/mol. The molecule has 0 saturated carbocycles. The largest absolute Gasteiger partial charge is 0.325 e. The fourth-order valence-electron chi connectivity index (χ4n) is 3.12. The molecule has 4 rings (SSSR count). The fourth-order valence-corrected chi connectivity index (χ4v) is 3.12. The van der Waals surface area contributed by atoms with E-state index in [1.54, 1.807) is 22.1 Å². The van der Waals surface area contributed by atoms with E-state index in [2.05, 4.69) is 0 Å². The fraction of sp³-hybridized carbons (Fsp3) is 0.143. The minimum atomic E-state index is -0.936. The van der Waals surface area contributed by atoms with Crippen LogP contribution in [0.25, 0.3) is 0 Å².